The third-order valence-corrected chi connectivity index (χ3v) is 2.34. The van der Waals surface area contributed by atoms with Gasteiger partial charge in [-0.25, -0.2) is 0 Å². The molecule has 5 atom stereocenters. The van der Waals surface area contributed by atoms with Crippen molar-refractivity contribution in [2.75, 3.05) is 6.61 Å². The van der Waals surface area contributed by atoms with Crippen LogP contribution in [-0.2, 0) is 0 Å². The average Bonchev–Trinajstić information content (AvgIpc) is 2.15. The lowest BCUT2D eigenvalue weighted by Crippen LogP contribution is -2.65. The van der Waals surface area contributed by atoms with Gasteiger partial charge in [-0.3, -0.25) is 0 Å². The lowest BCUT2D eigenvalue weighted by atomic mass is 9.91. The zero-order chi connectivity index (χ0) is 10.0. The van der Waals surface area contributed by atoms with Gasteiger partial charge in [-0.15, -0.1) is 6.58 Å². The zero-order valence-electron chi connectivity index (χ0n) is 7.17. The molecule has 5 heteroatoms. The largest absolute Gasteiger partial charge is 0.395 e. The Morgan fingerprint density at radius 1 is 1.15 bits per heavy atom. The molecule has 1 fully saturated rings. The summed E-state index contributed by atoms with van der Waals surface area (Å²) >= 11 is 0. The smallest absolute Gasteiger partial charge is 0.109 e. The average molecular weight is 189 g/mol. The van der Waals surface area contributed by atoms with Crippen molar-refractivity contribution in [1.82, 2.24) is 5.32 Å². The van der Waals surface area contributed by atoms with E-state index in [1.165, 1.54) is 6.08 Å². The molecule has 0 radical (unpaired) electrons. The van der Waals surface area contributed by atoms with Crippen LogP contribution in [0.15, 0.2) is 12.7 Å². The topological polar surface area (TPSA) is 93.0 Å². The number of rotatable bonds is 2. The van der Waals surface area contributed by atoms with E-state index in [4.69, 9.17) is 5.11 Å². The van der Waals surface area contributed by atoms with Gasteiger partial charge in [0.1, 0.15) is 12.2 Å². The molecule has 0 amide bonds. The van der Waals surface area contributed by atoms with Crippen LogP contribution in [0.4, 0.5) is 0 Å². The molecule has 0 bridgehead atoms. The van der Waals surface area contributed by atoms with E-state index in [9.17, 15) is 15.3 Å². The molecule has 0 aliphatic carbocycles. The van der Waals surface area contributed by atoms with Crippen molar-refractivity contribution in [3.05, 3.63) is 12.7 Å². The van der Waals surface area contributed by atoms with Crippen LogP contribution in [0.25, 0.3) is 0 Å². The number of aliphatic hydroxyl groups is 4. The maximum Gasteiger partial charge on any atom is 0.109 e. The second kappa shape index (κ2) is 4.17. The summed E-state index contributed by atoms with van der Waals surface area (Å²) in [6.45, 7) is 3.17. The number of piperidine rings is 1. The lowest BCUT2D eigenvalue weighted by molar-refractivity contribution is -0.112. The highest BCUT2D eigenvalue weighted by atomic mass is 16.4. The van der Waals surface area contributed by atoms with Gasteiger partial charge in [0.25, 0.3) is 0 Å². The fraction of sp³-hybridized carbons (Fsp3) is 0.750. The van der Waals surface area contributed by atoms with Gasteiger partial charge in [-0.2, -0.15) is 0 Å². The van der Waals surface area contributed by atoms with Crippen LogP contribution < -0.4 is 5.32 Å². The van der Waals surface area contributed by atoms with Crippen molar-refractivity contribution in [1.29, 1.82) is 0 Å². The summed E-state index contributed by atoms with van der Waals surface area (Å²) in [5.41, 5.74) is 0. The van der Waals surface area contributed by atoms with Crippen LogP contribution in [0.1, 0.15) is 0 Å². The second-order valence-electron chi connectivity index (χ2n) is 3.19. The minimum atomic E-state index is -1.25. The van der Waals surface area contributed by atoms with Crippen molar-refractivity contribution in [3.8, 4) is 0 Å². The Labute approximate surface area is 76.3 Å². The van der Waals surface area contributed by atoms with E-state index in [1.54, 1.807) is 0 Å². The molecule has 1 heterocycles. The molecule has 5 N–H and O–H groups in total. The van der Waals surface area contributed by atoms with Crippen molar-refractivity contribution in [3.63, 3.8) is 0 Å². The molecule has 0 aromatic heterocycles. The molecule has 0 spiro atoms. The summed E-state index contributed by atoms with van der Waals surface area (Å²) in [6.07, 6.45) is -2.06. The monoisotopic (exact) mass is 189 g/mol. The van der Waals surface area contributed by atoms with Crippen molar-refractivity contribution < 1.29 is 20.4 Å². The van der Waals surface area contributed by atoms with Crippen molar-refractivity contribution in [2.24, 2.45) is 0 Å². The lowest BCUT2D eigenvalue weighted by Gasteiger charge is -2.39. The Morgan fingerprint density at radius 2 is 1.77 bits per heavy atom. The molecule has 1 rings (SSSR count). The van der Waals surface area contributed by atoms with E-state index in [0.29, 0.717) is 0 Å². The molecule has 0 aromatic carbocycles. The summed E-state index contributed by atoms with van der Waals surface area (Å²) in [5, 5.41) is 39.7. The Bertz CT molecular complexity index is 185. The summed E-state index contributed by atoms with van der Waals surface area (Å²) < 4.78 is 0. The van der Waals surface area contributed by atoms with Gasteiger partial charge in [-0.05, 0) is 0 Å². The quantitative estimate of drug-likeness (QED) is 0.312. The highest BCUT2D eigenvalue weighted by molar-refractivity contribution is 5.04. The molecule has 0 saturated carbocycles. The van der Waals surface area contributed by atoms with Gasteiger partial charge in [0.2, 0.25) is 0 Å². The van der Waals surface area contributed by atoms with E-state index >= 15 is 0 Å². The minimum Gasteiger partial charge on any atom is -0.395 e. The third-order valence-electron chi connectivity index (χ3n) is 2.34. The molecule has 3 unspecified atom stereocenters. The van der Waals surface area contributed by atoms with Gasteiger partial charge in [-0.1, -0.05) is 6.08 Å². The van der Waals surface area contributed by atoms with E-state index in [1.807, 2.05) is 0 Å². The van der Waals surface area contributed by atoms with Crippen LogP contribution in [-0.4, -0.2) is 57.4 Å². The molecule has 1 aliphatic rings. The minimum absolute atomic E-state index is 0.296. The number of nitrogens with one attached hydrogen (secondary N) is 1. The fourth-order valence-electron chi connectivity index (χ4n) is 1.47. The fourth-order valence-corrected chi connectivity index (χ4v) is 1.47. The molecule has 13 heavy (non-hydrogen) atoms. The number of hydrogen-bond donors (Lipinski definition) is 5. The molecule has 1 aliphatic heterocycles. The summed E-state index contributed by atoms with van der Waals surface area (Å²) in [5.74, 6) is 0. The highest BCUT2D eigenvalue weighted by Crippen LogP contribution is 2.15. The molecule has 0 aromatic rings. The van der Waals surface area contributed by atoms with Gasteiger partial charge < -0.3 is 25.7 Å². The standard InChI is InChI=1S/C8H15NO4/c1-2-4-6(11)8(13)7(12)5(3-10)9-4/h2,4-13H,1,3H2/t4-,5?,6?,7+,8?/m0/s1. The van der Waals surface area contributed by atoms with E-state index in [0.717, 1.165) is 0 Å². The maximum absolute atomic E-state index is 9.40. The van der Waals surface area contributed by atoms with E-state index in [2.05, 4.69) is 11.9 Å². The maximum atomic E-state index is 9.40. The third kappa shape index (κ3) is 1.90. The van der Waals surface area contributed by atoms with Crippen LogP contribution in [0.5, 0.6) is 0 Å². The highest BCUT2D eigenvalue weighted by Gasteiger charge is 2.40. The normalized spacial score (nSPS) is 46.0. The first-order chi connectivity index (χ1) is 6.11. The summed E-state index contributed by atoms with van der Waals surface area (Å²) in [4.78, 5) is 0. The van der Waals surface area contributed by atoms with Gasteiger partial charge in [0.05, 0.1) is 24.8 Å². The molecular weight excluding hydrogens is 174 g/mol. The Kier molecular flexibility index (Phi) is 3.40. The molecule has 76 valence electrons. The molecule has 1 saturated heterocycles. The second-order valence-corrected chi connectivity index (χ2v) is 3.19. The summed E-state index contributed by atoms with van der Waals surface area (Å²) in [6, 6.07) is -1.13. The predicted octanol–water partition coefficient (Wildman–Crippen LogP) is -2.41. The SMILES string of the molecule is C=C[C@@H]1NC(CO)[C@@H](O)C(O)C1O. The van der Waals surface area contributed by atoms with Crippen molar-refractivity contribution >= 4 is 0 Å². The van der Waals surface area contributed by atoms with Crippen LogP contribution in [0.3, 0.4) is 0 Å². The Balaban J connectivity index is 2.71. The number of aliphatic hydroxyl groups excluding tert-OH is 4. The number of hydrogen-bond acceptors (Lipinski definition) is 5. The van der Waals surface area contributed by atoms with Gasteiger partial charge in [0, 0.05) is 0 Å². The zero-order valence-corrected chi connectivity index (χ0v) is 7.17. The molecule has 5 nitrogen and oxygen atoms in total. The van der Waals surface area contributed by atoms with Gasteiger partial charge >= 0.3 is 0 Å². The Morgan fingerprint density at radius 3 is 2.23 bits per heavy atom. The summed E-state index contributed by atoms with van der Waals surface area (Å²) in [7, 11) is 0. The van der Waals surface area contributed by atoms with Crippen LogP contribution in [0.2, 0.25) is 0 Å². The first kappa shape index (κ1) is 10.6. The molecular formula is C8H15NO4. The van der Waals surface area contributed by atoms with Gasteiger partial charge in [0.15, 0.2) is 0 Å². The Hall–Kier alpha value is -0.460. The predicted molar refractivity (Wildman–Crippen MR) is 46.0 cm³/mol. The van der Waals surface area contributed by atoms with E-state index < -0.39 is 30.4 Å². The van der Waals surface area contributed by atoms with E-state index in [-0.39, 0.29) is 6.61 Å². The van der Waals surface area contributed by atoms with Crippen LogP contribution >= 0.6 is 0 Å². The first-order valence-electron chi connectivity index (χ1n) is 4.15. The van der Waals surface area contributed by atoms with Crippen molar-refractivity contribution in [2.45, 2.75) is 30.4 Å². The first-order valence-corrected chi connectivity index (χ1v) is 4.15. The van der Waals surface area contributed by atoms with Crippen LogP contribution in [0, 0.1) is 0 Å².